The van der Waals surface area contributed by atoms with Crippen LogP contribution in [0.1, 0.15) is 18.1 Å². The summed E-state index contributed by atoms with van der Waals surface area (Å²) in [4.78, 5) is 2.27. The molecule has 0 unspecified atom stereocenters. The van der Waals surface area contributed by atoms with Crippen LogP contribution in [-0.4, -0.2) is 15.0 Å². The van der Waals surface area contributed by atoms with E-state index >= 15 is 0 Å². The molecule has 0 bridgehead atoms. The minimum absolute atomic E-state index is 0.988. The van der Waals surface area contributed by atoms with Crippen molar-refractivity contribution >= 4 is 28.3 Å². The number of fused-ring (bicyclic) bond motifs is 1. The molecular formula is C11H13NS2. The smallest absolute Gasteiger partial charge is 0.136 e. The molecule has 0 radical (unpaired) electrons. The summed E-state index contributed by atoms with van der Waals surface area (Å²) < 4.78 is 1.03. The average Bonchev–Trinajstić information content (AvgIpc) is 2.61. The van der Waals surface area contributed by atoms with Gasteiger partial charge in [-0.05, 0) is 16.9 Å². The molecule has 2 rings (SSSR count). The van der Waals surface area contributed by atoms with E-state index in [0.29, 0.717) is 0 Å². The highest BCUT2D eigenvalue weighted by molar-refractivity contribution is 8.22. The number of thioether (sulfide) groups is 1. The summed E-state index contributed by atoms with van der Waals surface area (Å²) in [5.41, 5.74) is 2.85. The zero-order valence-corrected chi connectivity index (χ0v) is 9.83. The molecule has 1 heterocycles. The van der Waals surface area contributed by atoms with Crippen LogP contribution in [-0.2, 0) is 13.1 Å². The molecule has 0 aromatic heterocycles. The van der Waals surface area contributed by atoms with Crippen LogP contribution in [0, 0.1) is 0 Å². The van der Waals surface area contributed by atoms with Crippen LogP contribution in [0.3, 0.4) is 0 Å². The molecule has 0 saturated carbocycles. The summed E-state index contributed by atoms with van der Waals surface area (Å²) in [6, 6.07) is 8.57. The van der Waals surface area contributed by atoms with Crippen LogP contribution >= 0.6 is 24.0 Å². The fraction of sp³-hybridized carbons (Fsp3) is 0.364. The molecule has 0 aliphatic carbocycles. The summed E-state index contributed by atoms with van der Waals surface area (Å²) >= 11 is 7.11. The molecule has 74 valence electrons. The Labute approximate surface area is 94.5 Å². The fourth-order valence-electron chi connectivity index (χ4n) is 1.68. The van der Waals surface area contributed by atoms with Crippen molar-refractivity contribution in [3.63, 3.8) is 0 Å². The summed E-state index contributed by atoms with van der Waals surface area (Å²) in [7, 11) is 0. The van der Waals surface area contributed by atoms with E-state index in [1.54, 1.807) is 11.8 Å². The first-order valence-corrected chi connectivity index (χ1v) is 6.19. The monoisotopic (exact) mass is 223 g/mol. The van der Waals surface area contributed by atoms with Crippen molar-refractivity contribution in [3.8, 4) is 0 Å². The number of hydrogen-bond donors (Lipinski definition) is 0. The lowest BCUT2D eigenvalue weighted by Gasteiger charge is -2.16. The molecule has 14 heavy (non-hydrogen) atoms. The highest BCUT2D eigenvalue weighted by atomic mass is 32.2. The van der Waals surface area contributed by atoms with Crippen LogP contribution in [0.2, 0.25) is 0 Å². The largest absolute Gasteiger partial charge is 0.349 e. The molecule has 0 atom stereocenters. The molecule has 0 amide bonds. The Hall–Kier alpha value is -0.540. The maximum atomic E-state index is 5.35. The highest BCUT2D eigenvalue weighted by Gasteiger charge is 2.19. The lowest BCUT2D eigenvalue weighted by Crippen LogP contribution is -2.20. The van der Waals surface area contributed by atoms with Gasteiger partial charge in [0.2, 0.25) is 0 Å². The first-order valence-electron chi connectivity index (χ1n) is 4.79. The van der Waals surface area contributed by atoms with Gasteiger partial charge >= 0.3 is 0 Å². The Morgan fingerprint density at radius 3 is 2.43 bits per heavy atom. The van der Waals surface area contributed by atoms with Crippen molar-refractivity contribution in [2.45, 2.75) is 20.0 Å². The second kappa shape index (κ2) is 4.32. The second-order valence-electron chi connectivity index (χ2n) is 3.32. The molecule has 1 nitrogen and oxygen atoms in total. The zero-order valence-electron chi connectivity index (χ0n) is 8.19. The van der Waals surface area contributed by atoms with Crippen LogP contribution in [0.15, 0.2) is 24.3 Å². The molecule has 0 N–H and O–H groups in total. The topological polar surface area (TPSA) is 3.24 Å². The van der Waals surface area contributed by atoms with Crippen LogP contribution < -0.4 is 0 Å². The molecule has 1 aliphatic heterocycles. The maximum Gasteiger partial charge on any atom is 0.136 e. The first-order chi connectivity index (χ1) is 6.81. The predicted molar refractivity (Wildman–Crippen MR) is 66.4 cm³/mol. The molecule has 1 aliphatic rings. The van der Waals surface area contributed by atoms with Crippen molar-refractivity contribution in [2.24, 2.45) is 0 Å². The van der Waals surface area contributed by atoms with Gasteiger partial charge in [0.15, 0.2) is 0 Å². The van der Waals surface area contributed by atoms with Gasteiger partial charge in [0.25, 0.3) is 0 Å². The number of hydrogen-bond acceptors (Lipinski definition) is 2. The Morgan fingerprint density at radius 2 is 1.93 bits per heavy atom. The van der Waals surface area contributed by atoms with Crippen molar-refractivity contribution in [1.29, 1.82) is 0 Å². The van der Waals surface area contributed by atoms with E-state index < -0.39 is 0 Å². The Balaban J connectivity index is 2.08. The molecule has 0 saturated heterocycles. The summed E-state index contributed by atoms with van der Waals surface area (Å²) in [5, 5.41) is 0. The standard InChI is InChI=1S/C11H13NS2/c1-2-14-11(13)12-7-9-5-3-4-6-10(9)8-12/h3-6H,2,7-8H2,1H3. The van der Waals surface area contributed by atoms with Gasteiger partial charge in [-0.1, -0.05) is 55.2 Å². The zero-order chi connectivity index (χ0) is 9.97. The van der Waals surface area contributed by atoms with E-state index in [4.69, 9.17) is 12.2 Å². The third-order valence-corrected chi connectivity index (χ3v) is 3.77. The van der Waals surface area contributed by atoms with Gasteiger partial charge in [-0.3, -0.25) is 0 Å². The third kappa shape index (κ3) is 1.93. The van der Waals surface area contributed by atoms with Crippen LogP contribution in [0.4, 0.5) is 0 Å². The Bertz CT molecular complexity index is 324. The maximum absolute atomic E-state index is 5.35. The number of thiocarbonyl (C=S) groups is 1. The first kappa shape index (κ1) is 9.99. The minimum atomic E-state index is 0.988. The molecule has 0 spiro atoms. The molecule has 1 aromatic rings. The van der Waals surface area contributed by atoms with Crippen LogP contribution in [0.5, 0.6) is 0 Å². The van der Waals surface area contributed by atoms with Gasteiger partial charge in [0.05, 0.1) is 0 Å². The van der Waals surface area contributed by atoms with E-state index in [0.717, 1.165) is 23.2 Å². The Kier molecular flexibility index (Phi) is 3.08. The average molecular weight is 223 g/mol. The van der Waals surface area contributed by atoms with Gasteiger partial charge in [-0.15, -0.1) is 0 Å². The van der Waals surface area contributed by atoms with Gasteiger partial charge in [0, 0.05) is 13.1 Å². The van der Waals surface area contributed by atoms with Gasteiger partial charge in [-0.25, -0.2) is 0 Å². The number of nitrogens with zero attached hydrogens (tertiary/aromatic N) is 1. The molecular weight excluding hydrogens is 210 g/mol. The normalized spacial score (nSPS) is 14.2. The SMILES string of the molecule is CCSC(=S)N1Cc2ccccc2C1. The van der Waals surface area contributed by atoms with Crippen molar-refractivity contribution in [3.05, 3.63) is 35.4 Å². The predicted octanol–water partition coefficient (Wildman–Crippen LogP) is 3.04. The van der Waals surface area contributed by atoms with E-state index in [2.05, 4.69) is 36.1 Å². The lowest BCUT2D eigenvalue weighted by atomic mass is 10.1. The number of rotatable bonds is 1. The highest BCUT2D eigenvalue weighted by Crippen LogP contribution is 2.25. The quantitative estimate of drug-likeness (QED) is 0.674. The summed E-state index contributed by atoms with van der Waals surface area (Å²) in [6.07, 6.45) is 0. The third-order valence-electron chi connectivity index (χ3n) is 2.37. The van der Waals surface area contributed by atoms with Crippen molar-refractivity contribution < 1.29 is 0 Å². The van der Waals surface area contributed by atoms with Gasteiger partial charge < -0.3 is 4.90 Å². The van der Waals surface area contributed by atoms with Gasteiger partial charge in [-0.2, -0.15) is 0 Å². The van der Waals surface area contributed by atoms with E-state index in [-0.39, 0.29) is 0 Å². The van der Waals surface area contributed by atoms with E-state index in [1.165, 1.54) is 11.1 Å². The van der Waals surface area contributed by atoms with Crippen molar-refractivity contribution in [2.75, 3.05) is 5.75 Å². The van der Waals surface area contributed by atoms with Gasteiger partial charge in [0.1, 0.15) is 4.32 Å². The Morgan fingerprint density at radius 1 is 1.36 bits per heavy atom. The second-order valence-corrected chi connectivity index (χ2v) is 5.22. The summed E-state index contributed by atoms with van der Waals surface area (Å²) in [6.45, 7) is 4.12. The van der Waals surface area contributed by atoms with Crippen molar-refractivity contribution in [1.82, 2.24) is 4.90 Å². The molecule has 3 heteroatoms. The van der Waals surface area contributed by atoms with Crippen LogP contribution in [0.25, 0.3) is 0 Å². The minimum Gasteiger partial charge on any atom is -0.349 e. The summed E-state index contributed by atoms with van der Waals surface area (Å²) in [5.74, 6) is 1.06. The lowest BCUT2D eigenvalue weighted by molar-refractivity contribution is 0.464. The van der Waals surface area contributed by atoms with E-state index in [9.17, 15) is 0 Å². The fourth-order valence-corrected chi connectivity index (χ4v) is 2.72. The van der Waals surface area contributed by atoms with E-state index in [1.807, 2.05) is 0 Å². The molecule has 0 fully saturated rings. The molecule has 1 aromatic carbocycles. The number of benzene rings is 1.